The van der Waals surface area contributed by atoms with Crippen LogP contribution in [0.25, 0.3) is 17.7 Å². The van der Waals surface area contributed by atoms with Crippen molar-refractivity contribution in [2.24, 2.45) is 46.3 Å². The van der Waals surface area contributed by atoms with Crippen molar-refractivity contribution in [2.75, 3.05) is 0 Å². The molecule has 79 heavy (non-hydrogen) atoms. The van der Waals surface area contributed by atoms with Crippen LogP contribution >= 0.6 is 0 Å². The van der Waals surface area contributed by atoms with Crippen molar-refractivity contribution in [1.82, 2.24) is 25.4 Å². The van der Waals surface area contributed by atoms with E-state index in [2.05, 4.69) is 188 Å². The van der Waals surface area contributed by atoms with Crippen molar-refractivity contribution in [1.29, 1.82) is 5.26 Å². The molecular weight excluding hydrogens is 961 g/mol. The number of nitrogens with one attached hydrogen (secondary N) is 3. The molecule has 1 aromatic carbocycles. The lowest BCUT2D eigenvalue weighted by Crippen LogP contribution is -2.71. The Hall–Kier alpha value is -5.71. The summed E-state index contributed by atoms with van der Waals surface area (Å²) in [5, 5.41) is 25.2. The normalized spacial score (nSPS) is 36.3. The third kappa shape index (κ3) is 6.97. The molecule has 6 heteroatoms. The van der Waals surface area contributed by atoms with Gasteiger partial charge in [-0.1, -0.05) is 168 Å². The van der Waals surface area contributed by atoms with E-state index < -0.39 is 0 Å². The lowest BCUT2D eigenvalue weighted by molar-refractivity contribution is 0.141. The molecule has 0 amide bonds. The van der Waals surface area contributed by atoms with Crippen LogP contribution in [0.5, 0.6) is 0 Å². The standard InChI is InChI=1S/C73H82N6/c1-71(2)56-27-15-10-22-45(56)48-33-32-43(39-59(48)71)69-75-68(42-20-8-7-9-21-42)76-70(77-69)55-38-44(41-74)62(78-60-30-18-13-25-49(60)53-36-34-51-46-23-11-16-28-57(46)72(3,4)64(51)66(53)78)40-63(55)79-61-31-19-14-26-50(61)54-37-35-52-47-24-12-17-29-58(47)73(5,6)65(52)67(54)79/h7-9,11-14,16,20,23-28,35,37-39,42-43,45,48,52-53,63,65-66,68-70,75-77H,10,15,17-19,21-22,29-34,36,40H2,1-6H3. The maximum atomic E-state index is 12.1. The highest BCUT2D eigenvalue weighted by Gasteiger charge is 2.57. The first-order chi connectivity index (χ1) is 38.4. The van der Waals surface area contributed by atoms with Crippen LogP contribution in [0.3, 0.4) is 0 Å². The van der Waals surface area contributed by atoms with Crippen LogP contribution in [0.4, 0.5) is 0 Å². The van der Waals surface area contributed by atoms with Crippen molar-refractivity contribution < 1.29 is 0 Å². The number of aromatic nitrogens is 1. The molecule has 0 spiro atoms. The largest absolute Gasteiger partial charge is 0.339 e. The van der Waals surface area contributed by atoms with E-state index >= 15 is 0 Å². The molecule has 14 aliphatic rings. The number of hydrogen-bond donors (Lipinski definition) is 3. The highest BCUT2D eigenvalue weighted by Crippen LogP contribution is 2.65. The first-order valence-electron chi connectivity index (χ1n) is 31.4. The predicted octanol–water partition coefficient (Wildman–Crippen LogP) is 15.6. The van der Waals surface area contributed by atoms with Crippen LogP contribution in [-0.2, 0) is 11.8 Å². The Bertz CT molecular complexity index is 3490. The molecule has 12 aliphatic carbocycles. The summed E-state index contributed by atoms with van der Waals surface area (Å²) in [5.41, 5.74) is 25.0. The van der Waals surface area contributed by atoms with Crippen molar-refractivity contribution in [2.45, 2.75) is 180 Å². The van der Waals surface area contributed by atoms with Gasteiger partial charge in [0.25, 0.3) is 0 Å². The molecule has 0 radical (unpaired) electrons. The van der Waals surface area contributed by atoms with E-state index in [0.717, 1.165) is 69.8 Å². The second kappa shape index (κ2) is 17.9. The zero-order valence-corrected chi connectivity index (χ0v) is 47.8. The lowest BCUT2D eigenvalue weighted by Gasteiger charge is -2.49. The molecule has 2 fully saturated rings. The molecule has 16 rings (SSSR count). The zero-order valence-electron chi connectivity index (χ0n) is 47.8. The average Bonchev–Trinajstić information content (AvgIpc) is 3.94. The summed E-state index contributed by atoms with van der Waals surface area (Å²) in [7, 11) is 0. The monoisotopic (exact) mass is 1040 g/mol. The van der Waals surface area contributed by atoms with E-state index in [0.29, 0.717) is 41.4 Å². The van der Waals surface area contributed by atoms with E-state index in [-0.39, 0.29) is 46.8 Å². The number of benzene rings is 1. The Balaban J connectivity index is 0.891. The minimum absolute atomic E-state index is 0.0116. The minimum Gasteiger partial charge on any atom is -0.339 e. The Morgan fingerprint density at radius 1 is 0.684 bits per heavy atom. The highest BCUT2D eigenvalue weighted by molar-refractivity contribution is 5.83. The molecule has 3 heterocycles. The first kappa shape index (κ1) is 49.1. The summed E-state index contributed by atoms with van der Waals surface area (Å²) in [4.78, 5) is 2.84. The predicted molar refractivity (Wildman–Crippen MR) is 321 cm³/mol. The van der Waals surface area contributed by atoms with Crippen LogP contribution in [0.15, 0.2) is 159 Å². The molecule has 2 aromatic rings. The fraction of sp³-hybridized carbons (Fsp3) is 0.493. The number of fused-ring (bicyclic) bond motifs is 14. The minimum atomic E-state index is -0.164. The van der Waals surface area contributed by atoms with Gasteiger partial charge in [0.15, 0.2) is 0 Å². The Morgan fingerprint density at radius 2 is 1.48 bits per heavy atom. The summed E-state index contributed by atoms with van der Waals surface area (Å²) in [6.45, 7) is 15.2. The molecule has 3 N–H and O–H groups in total. The van der Waals surface area contributed by atoms with Crippen molar-refractivity contribution in [3.63, 3.8) is 0 Å². The fourth-order valence-corrected chi connectivity index (χ4v) is 20.0. The number of nitriles is 1. The fourth-order valence-electron chi connectivity index (χ4n) is 20.0. The highest BCUT2D eigenvalue weighted by atomic mass is 15.4. The second-order valence-electron chi connectivity index (χ2n) is 28.0. The third-order valence-electron chi connectivity index (χ3n) is 23.3. The van der Waals surface area contributed by atoms with Gasteiger partial charge < -0.3 is 9.47 Å². The summed E-state index contributed by atoms with van der Waals surface area (Å²) < 4.78 is 2.96. The zero-order chi connectivity index (χ0) is 53.3. The van der Waals surface area contributed by atoms with Crippen LogP contribution < -0.4 is 16.0 Å². The quantitative estimate of drug-likeness (QED) is 0.260. The van der Waals surface area contributed by atoms with Crippen LogP contribution in [0, 0.1) is 57.7 Å². The summed E-state index contributed by atoms with van der Waals surface area (Å²) in [6.07, 6.45) is 53.8. The van der Waals surface area contributed by atoms with Gasteiger partial charge in [-0.15, -0.1) is 0 Å². The van der Waals surface area contributed by atoms with E-state index in [4.69, 9.17) is 0 Å². The first-order valence-corrected chi connectivity index (χ1v) is 31.4. The van der Waals surface area contributed by atoms with Gasteiger partial charge in [-0.2, -0.15) is 5.26 Å². The molecule has 1 saturated heterocycles. The lowest BCUT2D eigenvalue weighted by atomic mass is 9.69. The van der Waals surface area contributed by atoms with Gasteiger partial charge in [0.1, 0.15) is 6.07 Å². The van der Waals surface area contributed by atoms with Gasteiger partial charge >= 0.3 is 0 Å². The third-order valence-corrected chi connectivity index (χ3v) is 23.3. The number of hydrogen-bond acceptors (Lipinski definition) is 5. The Morgan fingerprint density at radius 3 is 2.33 bits per heavy atom. The maximum Gasteiger partial charge on any atom is 0.101 e. The van der Waals surface area contributed by atoms with Gasteiger partial charge in [-0.25, -0.2) is 0 Å². The SMILES string of the molecule is CC1(C)C2=CCCCC2C2CCC(C3NC(C4=CC(C#N)=C(N5C6=C(C=CCC6)C6CCC7=C(C65)C(C)(C)c5ccccc57)CC4n4c5c(c6c4C4C(C=C6)C6=C(CCC=C6)C4(C)C)C=CCC5)NC(C4C=CC=CC4)N3)C=C21. The van der Waals surface area contributed by atoms with Crippen LogP contribution in [0.1, 0.15) is 177 Å². The van der Waals surface area contributed by atoms with Crippen LogP contribution in [0.2, 0.25) is 0 Å². The number of rotatable bonds is 5. The summed E-state index contributed by atoms with van der Waals surface area (Å²) in [5.74, 6) is 3.06. The van der Waals surface area contributed by atoms with Crippen LogP contribution in [-0.4, -0.2) is 34.0 Å². The molecule has 12 atom stereocenters. The van der Waals surface area contributed by atoms with E-state index in [1.54, 1.807) is 33.4 Å². The van der Waals surface area contributed by atoms with E-state index in [1.165, 1.54) is 88.3 Å². The van der Waals surface area contributed by atoms with Crippen molar-refractivity contribution >= 4 is 17.7 Å². The number of nitrogens with zero attached hydrogens (tertiary/aromatic N) is 3. The van der Waals surface area contributed by atoms with Gasteiger partial charge in [-0.3, -0.25) is 16.0 Å². The number of allylic oxidation sites excluding steroid dienone is 19. The summed E-state index contributed by atoms with van der Waals surface area (Å²) in [6, 6.07) is 12.5. The molecule has 2 aliphatic heterocycles. The second-order valence-corrected chi connectivity index (χ2v) is 28.0. The molecular formula is C73H82N6. The summed E-state index contributed by atoms with van der Waals surface area (Å²) >= 11 is 0. The topological polar surface area (TPSA) is 68.0 Å². The average molecular weight is 1040 g/mol. The van der Waals surface area contributed by atoms with Crippen molar-refractivity contribution in [3.05, 3.63) is 193 Å². The molecule has 404 valence electrons. The van der Waals surface area contributed by atoms with Gasteiger partial charge in [-0.05, 0) is 152 Å². The molecule has 12 unspecified atom stereocenters. The van der Waals surface area contributed by atoms with Gasteiger partial charge in [0.2, 0.25) is 0 Å². The molecule has 0 bridgehead atoms. The maximum absolute atomic E-state index is 12.1. The molecule has 6 nitrogen and oxygen atoms in total. The smallest absolute Gasteiger partial charge is 0.101 e. The molecule has 1 saturated carbocycles. The van der Waals surface area contributed by atoms with Crippen molar-refractivity contribution in [3.8, 4) is 6.07 Å². The molecule has 1 aromatic heterocycles. The Labute approximate surface area is 471 Å². The van der Waals surface area contributed by atoms with E-state index in [9.17, 15) is 5.26 Å². The van der Waals surface area contributed by atoms with E-state index in [1.807, 2.05) is 0 Å². The Kier molecular flexibility index (Phi) is 11.1. The van der Waals surface area contributed by atoms with Gasteiger partial charge in [0, 0.05) is 80.7 Å². The van der Waals surface area contributed by atoms with Gasteiger partial charge in [0.05, 0.1) is 36.2 Å².